The number of carboxylic acids is 1. The molecule has 6 rings (SSSR count). The summed E-state index contributed by atoms with van der Waals surface area (Å²) in [6, 6.07) is 15.9. The van der Waals surface area contributed by atoms with E-state index in [0.717, 1.165) is 70.9 Å². The highest BCUT2D eigenvalue weighted by atomic mass is 35.5. The lowest BCUT2D eigenvalue weighted by Gasteiger charge is -2.35. The monoisotopic (exact) mass is 1100 g/mol. The summed E-state index contributed by atoms with van der Waals surface area (Å²) in [6.45, 7) is 10.0. The molecule has 0 fully saturated rings. The Balaban J connectivity index is 0.000000256. The van der Waals surface area contributed by atoms with Crippen LogP contribution in [0.25, 0.3) is 0 Å². The minimum Gasteiger partial charge on any atom is -0.489 e. The number of aromatic nitrogens is 2. The Morgan fingerprint density at radius 1 is 1.09 bits per heavy atom. The van der Waals surface area contributed by atoms with E-state index in [9.17, 15) is 32.9 Å². The fraction of sp³-hybridized carbons (Fsp3) is 0.442. The van der Waals surface area contributed by atoms with Gasteiger partial charge in [0.25, 0.3) is 5.91 Å². The third-order valence-corrected chi connectivity index (χ3v) is 13.1. The van der Waals surface area contributed by atoms with E-state index < -0.39 is 43.0 Å². The Morgan fingerprint density at radius 2 is 1.77 bits per heavy atom. The van der Waals surface area contributed by atoms with E-state index in [2.05, 4.69) is 22.0 Å². The van der Waals surface area contributed by atoms with Crippen molar-refractivity contribution in [1.82, 2.24) is 14.7 Å². The van der Waals surface area contributed by atoms with Gasteiger partial charge in [-0.2, -0.15) is 0 Å². The molecule has 380 valence electrons. The van der Waals surface area contributed by atoms with Crippen LogP contribution in [-0.2, 0) is 52.7 Å². The molecule has 2 aliphatic rings. The zero-order valence-corrected chi connectivity index (χ0v) is 43.8. The minimum atomic E-state index is -4.10. The first-order valence-electron chi connectivity index (χ1n) is 21.0. The van der Waals surface area contributed by atoms with Crippen LogP contribution in [0.4, 0.5) is 21.5 Å². The van der Waals surface area contributed by atoms with Gasteiger partial charge < -0.3 is 34.0 Å². The predicted molar refractivity (Wildman–Crippen MR) is 267 cm³/mol. The number of rotatable bonds is 15. The molecular formula is C43H54Cl4FN6O12PS2. The van der Waals surface area contributed by atoms with Crippen LogP contribution in [0.5, 0.6) is 5.75 Å². The molecule has 0 radical (unpaired) electrons. The van der Waals surface area contributed by atoms with Crippen molar-refractivity contribution < 1.29 is 57.2 Å². The number of anilines is 2. The number of benzene rings is 3. The number of fused-ring (bicyclic) bond motifs is 2. The summed E-state index contributed by atoms with van der Waals surface area (Å²) >= 11 is 25.1. The number of nitrogens with zero attached hydrogens (tertiary/aromatic N) is 5. The van der Waals surface area contributed by atoms with E-state index in [0.29, 0.717) is 41.7 Å². The van der Waals surface area contributed by atoms with Crippen molar-refractivity contribution in [3.8, 4) is 5.75 Å². The van der Waals surface area contributed by atoms with Gasteiger partial charge in [-0.15, -0.1) is 23.4 Å². The van der Waals surface area contributed by atoms with Gasteiger partial charge in [-0.1, -0.05) is 72.1 Å². The largest absolute Gasteiger partial charge is 0.489 e. The summed E-state index contributed by atoms with van der Waals surface area (Å²) < 4.78 is 43.2. The van der Waals surface area contributed by atoms with Crippen molar-refractivity contribution in [3.05, 3.63) is 91.0 Å². The average Bonchev–Trinajstić information content (AvgIpc) is 3.63. The molecule has 0 aliphatic carbocycles. The third-order valence-electron chi connectivity index (χ3n) is 9.56. The molecule has 18 nitrogen and oxygen atoms in total. The number of para-hydroxylation sites is 3. The molecule has 4 aromatic rings. The molecule has 0 saturated carbocycles. The van der Waals surface area contributed by atoms with Gasteiger partial charge in [0.15, 0.2) is 4.84 Å². The molecule has 0 spiro atoms. The molecular weight excluding hydrogens is 1050 g/mol. The number of halogens is 5. The lowest BCUT2D eigenvalue weighted by molar-refractivity contribution is -0.137. The van der Waals surface area contributed by atoms with Crippen LogP contribution >= 0.6 is 77.1 Å². The van der Waals surface area contributed by atoms with Gasteiger partial charge in [-0.05, 0) is 86.8 Å². The highest BCUT2D eigenvalue weighted by Crippen LogP contribution is 2.36. The quantitative estimate of drug-likeness (QED) is 0.0301. The van der Waals surface area contributed by atoms with Crippen molar-refractivity contribution in [2.24, 2.45) is 4.99 Å². The number of hydrogen-bond acceptors (Lipinski definition) is 13. The number of thioether (sulfide) groups is 1. The van der Waals surface area contributed by atoms with Crippen molar-refractivity contribution in [2.75, 3.05) is 61.3 Å². The van der Waals surface area contributed by atoms with E-state index in [4.69, 9.17) is 70.8 Å². The van der Waals surface area contributed by atoms with Gasteiger partial charge in [-0.25, -0.2) is 14.1 Å². The molecule has 1 atom stereocenters. The predicted octanol–water partition coefficient (Wildman–Crippen LogP) is 7.32. The van der Waals surface area contributed by atoms with Gasteiger partial charge in [0.1, 0.15) is 36.5 Å². The minimum absolute atomic E-state index is 0.0371. The van der Waals surface area contributed by atoms with Crippen LogP contribution in [0, 0.1) is 12.7 Å². The van der Waals surface area contributed by atoms with Crippen LogP contribution in [0.15, 0.2) is 69.3 Å². The van der Waals surface area contributed by atoms with Crippen molar-refractivity contribution in [2.45, 2.75) is 75.8 Å². The Hall–Kier alpha value is -3.99. The molecule has 0 saturated heterocycles. The van der Waals surface area contributed by atoms with Gasteiger partial charge in [-0.3, -0.25) is 43.4 Å². The fourth-order valence-electron chi connectivity index (χ4n) is 6.39. The second kappa shape index (κ2) is 29.4. The highest BCUT2D eigenvalue weighted by molar-refractivity contribution is 8.00. The van der Waals surface area contributed by atoms with Gasteiger partial charge in [0.2, 0.25) is 10.7 Å². The molecule has 2 aliphatic heterocycles. The van der Waals surface area contributed by atoms with Crippen LogP contribution in [0.2, 0.25) is 5.02 Å². The summed E-state index contributed by atoms with van der Waals surface area (Å²) in [5, 5.41) is 10.3. The Morgan fingerprint density at radius 3 is 2.38 bits per heavy atom. The average molecular weight is 1100 g/mol. The number of esters is 1. The lowest BCUT2D eigenvalue weighted by atomic mass is 10.0. The number of carboxylic acid groups (broad SMARTS) is 1. The molecule has 69 heavy (non-hydrogen) atoms. The van der Waals surface area contributed by atoms with E-state index in [1.54, 1.807) is 19.2 Å². The normalized spacial score (nSPS) is 14.1. The molecule has 1 unspecified atom stereocenters. The number of hydrogen-bond donors (Lipinski definition) is 4. The molecule has 3 heterocycles. The first kappa shape index (κ1) is 59.3. The number of carbonyl (C=O) groups is 4. The standard InChI is InChI=1S/C15H15ClFN3O3S2.C14H20ClNO2.C11H11Cl2NO2.C3H8NO5P/c1-23-13(21)8-24-12-7-11(10(17)6-9(12)16)18-14-19-4-2-3-5-20(19)15(22)25-14;1-4-12-8-6-7-11(3)14(12)16(10-18-5-2)13(17)9-15;1-7-6-16-9-5-3-2-4-8(9)14(7)11(15)10(12)13;5-3(6)1-4-2-10(7,8)9/h6-7H,2-5,8H2,1H3;6-8H,4-5,9-10H2,1-3H3;2-5,7,10H,6H2,1H3;4H,1-2H2,(H,5,6)(H2,7,8,9). The number of carbonyl (C=O) groups excluding carboxylic acids is 3. The Kier molecular flexibility index (Phi) is 25.3. The van der Waals surface area contributed by atoms with E-state index >= 15 is 0 Å². The maximum absolute atomic E-state index is 14.3. The third kappa shape index (κ3) is 18.6. The van der Waals surface area contributed by atoms with Crippen molar-refractivity contribution in [3.63, 3.8) is 0 Å². The zero-order chi connectivity index (χ0) is 51.4. The second-order valence-corrected chi connectivity index (χ2v) is 20.0. The summed E-state index contributed by atoms with van der Waals surface area (Å²) in [4.78, 5) is 80.6. The summed E-state index contributed by atoms with van der Waals surface area (Å²) in [6.07, 6.45) is 2.17. The van der Waals surface area contributed by atoms with Crippen molar-refractivity contribution in [1.29, 1.82) is 0 Å². The second-order valence-electron chi connectivity index (χ2n) is 14.6. The Bertz CT molecular complexity index is 2560. The first-order valence-corrected chi connectivity index (χ1v) is 26.4. The molecule has 0 bridgehead atoms. The maximum atomic E-state index is 14.3. The molecule has 1 aromatic heterocycles. The molecule has 4 N–H and O–H groups in total. The summed E-state index contributed by atoms with van der Waals surface area (Å²) in [5.74, 6) is -1.87. The van der Waals surface area contributed by atoms with E-state index in [1.807, 2.05) is 63.2 Å². The number of methoxy groups -OCH3 is 1. The van der Waals surface area contributed by atoms with Gasteiger partial charge in [0, 0.05) is 24.6 Å². The SMILES string of the molecule is CC1COc2ccccc2N1C(=O)C(Cl)Cl.CCOCN(C(=O)CCl)c1c(C)cccc1CC.COC(=O)CSc1cc(N=c2sc(=O)n3n2CCCC3)c(F)cc1Cl.O=C(O)CNCP(=O)(O)O. The zero-order valence-electron chi connectivity index (χ0n) is 38.2. The number of ether oxygens (including phenoxy) is 3. The summed E-state index contributed by atoms with van der Waals surface area (Å²) in [7, 11) is -2.80. The number of alkyl halides is 3. The van der Waals surface area contributed by atoms with Crippen molar-refractivity contribution >= 4 is 118 Å². The van der Waals surface area contributed by atoms with Crippen LogP contribution < -0.4 is 29.5 Å². The fourth-order valence-corrected chi connectivity index (χ4v) is 9.13. The maximum Gasteiger partial charge on any atom is 0.339 e. The lowest BCUT2D eigenvalue weighted by Crippen LogP contribution is -2.47. The smallest absolute Gasteiger partial charge is 0.339 e. The van der Waals surface area contributed by atoms with Gasteiger partial charge >= 0.3 is 24.4 Å². The molecule has 26 heteroatoms. The van der Waals surface area contributed by atoms with Crippen LogP contribution in [0.3, 0.4) is 0 Å². The topological polar surface area (TPSA) is 232 Å². The van der Waals surface area contributed by atoms with E-state index in [-0.39, 0.29) is 51.8 Å². The number of aryl methyl sites for hydroxylation is 2. The first-order chi connectivity index (χ1) is 32.7. The van der Waals surface area contributed by atoms with Gasteiger partial charge in [0.05, 0.1) is 48.1 Å². The Labute approximate surface area is 426 Å². The molecule has 2 amide bonds. The van der Waals surface area contributed by atoms with Crippen LogP contribution in [0.1, 0.15) is 44.7 Å². The number of aliphatic carboxylic acids is 1. The summed E-state index contributed by atoms with van der Waals surface area (Å²) in [5.41, 5.74) is 3.93. The molecule has 3 aromatic carbocycles. The highest BCUT2D eigenvalue weighted by Gasteiger charge is 2.32. The van der Waals surface area contributed by atoms with Crippen LogP contribution in [-0.4, -0.2) is 110 Å². The number of amides is 2. The van der Waals surface area contributed by atoms with E-state index in [1.165, 1.54) is 13.2 Å². The number of nitrogens with one attached hydrogen (secondary N) is 1.